The SMILES string of the molecule is CCOc1ccc(-c2nc(C)c(C(=O)NC3(C(=O)O)CCC3)s2)cc1. The highest BCUT2D eigenvalue weighted by Gasteiger charge is 2.46. The third-order valence-electron chi connectivity index (χ3n) is 4.38. The summed E-state index contributed by atoms with van der Waals surface area (Å²) in [5.41, 5.74) is 0.380. The molecule has 0 radical (unpaired) electrons. The zero-order valence-corrected chi connectivity index (χ0v) is 15.0. The van der Waals surface area contributed by atoms with Crippen LogP contribution in [0.5, 0.6) is 5.75 Å². The standard InChI is InChI=1S/C18H20N2O4S/c1-3-24-13-7-5-12(6-8-13)16-19-11(2)14(25-16)15(21)20-18(17(22)23)9-4-10-18/h5-8H,3-4,9-10H2,1-2H3,(H,20,21)(H,22,23). The van der Waals surface area contributed by atoms with Crippen molar-refractivity contribution >= 4 is 23.2 Å². The normalized spacial score (nSPS) is 15.3. The van der Waals surface area contributed by atoms with Crippen molar-refractivity contribution in [2.45, 2.75) is 38.6 Å². The Hall–Kier alpha value is -2.41. The molecule has 3 rings (SSSR count). The molecule has 25 heavy (non-hydrogen) atoms. The van der Waals surface area contributed by atoms with Gasteiger partial charge in [-0.05, 0) is 57.4 Å². The van der Waals surface area contributed by atoms with Gasteiger partial charge in [-0.1, -0.05) is 0 Å². The predicted octanol–water partition coefficient (Wildman–Crippen LogP) is 3.25. The van der Waals surface area contributed by atoms with Gasteiger partial charge in [-0.3, -0.25) is 4.79 Å². The second kappa shape index (κ2) is 6.84. The van der Waals surface area contributed by atoms with Crippen molar-refractivity contribution in [1.29, 1.82) is 0 Å². The van der Waals surface area contributed by atoms with Crippen molar-refractivity contribution in [3.05, 3.63) is 34.8 Å². The Balaban J connectivity index is 1.80. The number of rotatable bonds is 6. The number of aryl methyl sites for hydroxylation is 1. The van der Waals surface area contributed by atoms with E-state index in [9.17, 15) is 14.7 Å². The van der Waals surface area contributed by atoms with Gasteiger partial charge >= 0.3 is 5.97 Å². The number of thiazole rings is 1. The molecule has 0 bridgehead atoms. The van der Waals surface area contributed by atoms with Gasteiger partial charge in [-0.15, -0.1) is 11.3 Å². The molecule has 1 heterocycles. The fourth-order valence-corrected chi connectivity index (χ4v) is 3.75. The van der Waals surface area contributed by atoms with Gasteiger partial charge in [0.05, 0.1) is 12.3 Å². The second-order valence-corrected chi connectivity index (χ2v) is 7.08. The largest absolute Gasteiger partial charge is 0.494 e. The average molecular weight is 360 g/mol. The highest BCUT2D eigenvalue weighted by atomic mass is 32.1. The minimum Gasteiger partial charge on any atom is -0.494 e. The van der Waals surface area contributed by atoms with Crippen molar-refractivity contribution in [3.8, 4) is 16.3 Å². The Labute approximate surface area is 149 Å². The lowest BCUT2D eigenvalue weighted by molar-refractivity contribution is -0.148. The molecule has 0 unspecified atom stereocenters. The third-order valence-corrected chi connectivity index (χ3v) is 5.59. The van der Waals surface area contributed by atoms with E-state index in [1.807, 2.05) is 31.2 Å². The van der Waals surface area contributed by atoms with E-state index in [1.54, 1.807) is 6.92 Å². The number of aromatic nitrogens is 1. The van der Waals surface area contributed by atoms with Crippen LogP contribution in [-0.4, -0.2) is 34.1 Å². The molecular weight excluding hydrogens is 340 g/mol. The molecule has 1 aliphatic carbocycles. The number of hydrogen-bond donors (Lipinski definition) is 2. The quantitative estimate of drug-likeness (QED) is 0.825. The molecule has 1 amide bonds. The lowest BCUT2D eigenvalue weighted by Crippen LogP contribution is -2.59. The van der Waals surface area contributed by atoms with Gasteiger partial charge in [-0.25, -0.2) is 9.78 Å². The third kappa shape index (κ3) is 3.37. The maximum atomic E-state index is 12.5. The molecule has 1 fully saturated rings. The molecule has 1 saturated carbocycles. The van der Waals surface area contributed by atoms with Crippen molar-refractivity contribution < 1.29 is 19.4 Å². The summed E-state index contributed by atoms with van der Waals surface area (Å²) in [4.78, 5) is 28.9. The Morgan fingerprint density at radius 3 is 2.52 bits per heavy atom. The molecule has 2 aromatic rings. The lowest BCUT2D eigenvalue weighted by atomic mass is 9.76. The van der Waals surface area contributed by atoms with Gasteiger partial charge in [0.25, 0.3) is 5.91 Å². The first-order chi connectivity index (χ1) is 11.9. The number of nitrogens with one attached hydrogen (secondary N) is 1. The van der Waals surface area contributed by atoms with Crippen LogP contribution in [-0.2, 0) is 4.79 Å². The van der Waals surface area contributed by atoms with Crippen LogP contribution in [0.3, 0.4) is 0 Å². The molecule has 1 aromatic carbocycles. The number of amides is 1. The number of aliphatic carboxylic acids is 1. The zero-order chi connectivity index (χ0) is 18.0. The number of carbonyl (C=O) groups is 2. The fraction of sp³-hybridized carbons (Fsp3) is 0.389. The average Bonchev–Trinajstić information content (AvgIpc) is 2.93. The first-order valence-corrected chi connectivity index (χ1v) is 9.03. The Morgan fingerprint density at radius 2 is 2.00 bits per heavy atom. The number of hydrogen-bond acceptors (Lipinski definition) is 5. The number of carboxylic acid groups (broad SMARTS) is 1. The second-order valence-electron chi connectivity index (χ2n) is 6.09. The number of carboxylic acids is 1. The summed E-state index contributed by atoms with van der Waals surface area (Å²) in [7, 11) is 0. The number of nitrogens with zero attached hydrogens (tertiary/aromatic N) is 1. The van der Waals surface area contributed by atoms with E-state index in [-0.39, 0.29) is 5.91 Å². The van der Waals surface area contributed by atoms with Crippen molar-refractivity contribution in [3.63, 3.8) is 0 Å². The summed E-state index contributed by atoms with van der Waals surface area (Å²) in [6.45, 7) is 4.29. The van der Waals surface area contributed by atoms with E-state index in [1.165, 1.54) is 11.3 Å². The van der Waals surface area contributed by atoms with Gasteiger partial charge in [0, 0.05) is 5.56 Å². The molecule has 1 aromatic heterocycles. The molecule has 6 nitrogen and oxygen atoms in total. The van der Waals surface area contributed by atoms with Crippen LogP contribution in [0.25, 0.3) is 10.6 Å². The van der Waals surface area contributed by atoms with Crippen LogP contribution >= 0.6 is 11.3 Å². The first-order valence-electron chi connectivity index (χ1n) is 8.22. The molecule has 7 heteroatoms. The Kier molecular flexibility index (Phi) is 4.76. The van der Waals surface area contributed by atoms with Gasteiger partial charge in [-0.2, -0.15) is 0 Å². The van der Waals surface area contributed by atoms with Crippen LogP contribution in [0.4, 0.5) is 0 Å². The summed E-state index contributed by atoms with van der Waals surface area (Å²) in [6.07, 6.45) is 1.75. The zero-order valence-electron chi connectivity index (χ0n) is 14.2. The lowest BCUT2D eigenvalue weighted by Gasteiger charge is -2.38. The van der Waals surface area contributed by atoms with Crippen LogP contribution in [0.2, 0.25) is 0 Å². The van der Waals surface area contributed by atoms with Crippen LogP contribution in [0.1, 0.15) is 41.6 Å². The molecule has 0 spiro atoms. The topological polar surface area (TPSA) is 88.5 Å². The summed E-state index contributed by atoms with van der Waals surface area (Å²) in [5.74, 6) is -0.554. The molecule has 1 aliphatic rings. The molecule has 0 atom stereocenters. The van der Waals surface area contributed by atoms with Crippen molar-refractivity contribution in [1.82, 2.24) is 10.3 Å². The minimum absolute atomic E-state index is 0.366. The predicted molar refractivity (Wildman–Crippen MR) is 95.1 cm³/mol. The molecule has 2 N–H and O–H groups in total. The number of carbonyl (C=O) groups excluding carboxylic acids is 1. The number of benzene rings is 1. The van der Waals surface area contributed by atoms with Gasteiger partial charge in [0.15, 0.2) is 0 Å². The summed E-state index contributed by atoms with van der Waals surface area (Å²) in [6, 6.07) is 7.53. The van der Waals surface area contributed by atoms with Crippen LogP contribution in [0, 0.1) is 6.92 Å². The highest BCUT2D eigenvalue weighted by molar-refractivity contribution is 7.17. The van der Waals surface area contributed by atoms with E-state index in [0.29, 0.717) is 30.0 Å². The molecular formula is C18H20N2O4S. The highest BCUT2D eigenvalue weighted by Crippen LogP contribution is 2.34. The van der Waals surface area contributed by atoms with E-state index < -0.39 is 11.5 Å². The van der Waals surface area contributed by atoms with E-state index in [4.69, 9.17) is 4.74 Å². The first kappa shape index (κ1) is 17.4. The summed E-state index contributed by atoms with van der Waals surface area (Å²) < 4.78 is 5.42. The molecule has 132 valence electrons. The molecule has 0 aliphatic heterocycles. The fourth-order valence-electron chi connectivity index (χ4n) is 2.79. The van der Waals surface area contributed by atoms with E-state index in [0.717, 1.165) is 22.7 Å². The summed E-state index contributed by atoms with van der Waals surface area (Å²) in [5, 5.41) is 12.8. The minimum atomic E-state index is -1.12. The van der Waals surface area contributed by atoms with Gasteiger partial charge in [0.2, 0.25) is 0 Å². The van der Waals surface area contributed by atoms with Crippen molar-refractivity contribution in [2.24, 2.45) is 0 Å². The van der Waals surface area contributed by atoms with Gasteiger partial charge in [0.1, 0.15) is 21.2 Å². The monoisotopic (exact) mass is 360 g/mol. The van der Waals surface area contributed by atoms with Gasteiger partial charge < -0.3 is 15.2 Å². The van der Waals surface area contributed by atoms with E-state index >= 15 is 0 Å². The van der Waals surface area contributed by atoms with Crippen LogP contribution in [0.15, 0.2) is 24.3 Å². The molecule has 0 saturated heterocycles. The number of ether oxygens (including phenoxy) is 1. The Morgan fingerprint density at radius 1 is 1.32 bits per heavy atom. The van der Waals surface area contributed by atoms with E-state index in [2.05, 4.69) is 10.3 Å². The Bertz CT molecular complexity index is 794. The smallest absolute Gasteiger partial charge is 0.329 e. The van der Waals surface area contributed by atoms with Crippen molar-refractivity contribution in [2.75, 3.05) is 6.61 Å². The van der Waals surface area contributed by atoms with Crippen LogP contribution < -0.4 is 10.1 Å². The maximum Gasteiger partial charge on any atom is 0.329 e. The summed E-state index contributed by atoms with van der Waals surface area (Å²) >= 11 is 1.27. The maximum absolute atomic E-state index is 12.5.